The van der Waals surface area contributed by atoms with Crippen molar-refractivity contribution in [2.75, 3.05) is 26.2 Å². The summed E-state index contributed by atoms with van der Waals surface area (Å²) in [4.78, 5) is 34.6. The fraction of sp³-hybridized carbons (Fsp3) is 0.750. The molecule has 0 aliphatic carbocycles. The number of urea groups is 2. The SMILES string of the molecule is NC(=O)NCCNC(=O)N1CCCC(CCC(=O)O)C1. The summed E-state index contributed by atoms with van der Waals surface area (Å²) in [6.07, 6.45) is 2.59. The number of rotatable bonds is 6. The third-order valence-electron chi connectivity index (χ3n) is 3.27. The predicted octanol–water partition coefficient (Wildman–Crippen LogP) is -0.0589. The summed E-state index contributed by atoms with van der Waals surface area (Å²) < 4.78 is 0. The Morgan fingerprint density at radius 3 is 2.60 bits per heavy atom. The molecule has 8 nitrogen and oxygen atoms in total. The average molecular weight is 286 g/mol. The molecule has 0 aromatic heterocycles. The molecular weight excluding hydrogens is 264 g/mol. The van der Waals surface area contributed by atoms with Crippen molar-refractivity contribution in [1.82, 2.24) is 15.5 Å². The van der Waals surface area contributed by atoms with E-state index < -0.39 is 12.0 Å². The van der Waals surface area contributed by atoms with Crippen molar-refractivity contribution in [3.05, 3.63) is 0 Å². The number of nitrogens with one attached hydrogen (secondary N) is 2. The van der Waals surface area contributed by atoms with Crippen LogP contribution in [-0.4, -0.2) is 54.2 Å². The summed E-state index contributed by atoms with van der Waals surface area (Å²) in [5.74, 6) is -0.557. The Balaban J connectivity index is 2.25. The molecule has 1 saturated heterocycles. The Morgan fingerprint density at radius 1 is 1.25 bits per heavy atom. The number of hydrogen-bond donors (Lipinski definition) is 4. The Bertz CT molecular complexity index is 361. The highest BCUT2D eigenvalue weighted by molar-refractivity contribution is 5.74. The van der Waals surface area contributed by atoms with E-state index in [1.807, 2.05) is 0 Å². The molecule has 114 valence electrons. The van der Waals surface area contributed by atoms with Crippen LogP contribution >= 0.6 is 0 Å². The molecule has 0 radical (unpaired) electrons. The normalized spacial score (nSPS) is 18.4. The Hall–Kier alpha value is -1.99. The van der Waals surface area contributed by atoms with Crippen molar-refractivity contribution in [1.29, 1.82) is 0 Å². The van der Waals surface area contributed by atoms with Gasteiger partial charge in [-0.3, -0.25) is 4.79 Å². The van der Waals surface area contributed by atoms with Crippen LogP contribution in [0, 0.1) is 5.92 Å². The molecule has 0 spiro atoms. The van der Waals surface area contributed by atoms with Crippen molar-refractivity contribution in [3.8, 4) is 0 Å². The highest BCUT2D eigenvalue weighted by Crippen LogP contribution is 2.20. The van der Waals surface area contributed by atoms with Gasteiger partial charge in [0.2, 0.25) is 0 Å². The van der Waals surface area contributed by atoms with Crippen molar-refractivity contribution < 1.29 is 19.5 Å². The van der Waals surface area contributed by atoms with Gasteiger partial charge in [-0.15, -0.1) is 0 Å². The molecule has 0 aromatic rings. The second-order valence-corrected chi connectivity index (χ2v) is 4.91. The van der Waals surface area contributed by atoms with E-state index in [-0.39, 0.29) is 24.9 Å². The zero-order chi connectivity index (χ0) is 15.0. The molecule has 0 saturated carbocycles. The number of piperidine rings is 1. The number of amides is 4. The number of carbonyl (C=O) groups excluding carboxylic acids is 2. The Labute approximate surface area is 117 Å². The lowest BCUT2D eigenvalue weighted by Crippen LogP contribution is -2.47. The first-order chi connectivity index (χ1) is 9.49. The second-order valence-electron chi connectivity index (χ2n) is 4.91. The first-order valence-electron chi connectivity index (χ1n) is 6.77. The van der Waals surface area contributed by atoms with Crippen molar-refractivity contribution in [2.45, 2.75) is 25.7 Å². The summed E-state index contributed by atoms with van der Waals surface area (Å²) in [5.41, 5.74) is 4.91. The van der Waals surface area contributed by atoms with Crippen molar-refractivity contribution >= 4 is 18.0 Å². The predicted molar refractivity (Wildman–Crippen MR) is 72.2 cm³/mol. The molecule has 1 aliphatic rings. The zero-order valence-electron chi connectivity index (χ0n) is 11.4. The smallest absolute Gasteiger partial charge is 0.317 e. The minimum absolute atomic E-state index is 0.142. The number of carboxylic acids is 1. The summed E-state index contributed by atoms with van der Waals surface area (Å²) in [5, 5.41) is 13.7. The van der Waals surface area contributed by atoms with Gasteiger partial charge in [-0.1, -0.05) is 0 Å². The van der Waals surface area contributed by atoms with Gasteiger partial charge in [0.05, 0.1) is 0 Å². The Kier molecular flexibility index (Phi) is 6.61. The van der Waals surface area contributed by atoms with Crippen molar-refractivity contribution in [3.63, 3.8) is 0 Å². The van der Waals surface area contributed by atoms with Gasteiger partial charge in [0.25, 0.3) is 0 Å². The lowest BCUT2D eigenvalue weighted by atomic mass is 9.93. The van der Waals surface area contributed by atoms with Gasteiger partial charge in [0, 0.05) is 32.6 Å². The van der Waals surface area contributed by atoms with Crippen LogP contribution in [0.25, 0.3) is 0 Å². The van der Waals surface area contributed by atoms with E-state index in [4.69, 9.17) is 10.8 Å². The van der Waals surface area contributed by atoms with Gasteiger partial charge in [-0.05, 0) is 25.2 Å². The third kappa shape index (κ3) is 6.26. The van der Waals surface area contributed by atoms with Crippen LogP contribution in [0.5, 0.6) is 0 Å². The van der Waals surface area contributed by atoms with Crippen LogP contribution in [-0.2, 0) is 4.79 Å². The van der Waals surface area contributed by atoms with Gasteiger partial charge in [-0.25, -0.2) is 9.59 Å². The number of carboxylic acid groups (broad SMARTS) is 1. The molecule has 0 aromatic carbocycles. The topological polar surface area (TPSA) is 125 Å². The maximum Gasteiger partial charge on any atom is 0.317 e. The summed E-state index contributed by atoms with van der Waals surface area (Å²) in [7, 11) is 0. The zero-order valence-corrected chi connectivity index (χ0v) is 11.4. The first-order valence-corrected chi connectivity index (χ1v) is 6.77. The molecular formula is C12H22N4O4. The van der Waals surface area contributed by atoms with Gasteiger partial charge >= 0.3 is 18.0 Å². The highest BCUT2D eigenvalue weighted by atomic mass is 16.4. The molecule has 1 heterocycles. The van der Waals surface area contributed by atoms with E-state index in [2.05, 4.69) is 10.6 Å². The van der Waals surface area contributed by atoms with Gasteiger partial charge in [-0.2, -0.15) is 0 Å². The van der Waals surface area contributed by atoms with Crippen LogP contribution < -0.4 is 16.4 Å². The molecule has 20 heavy (non-hydrogen) atoms. The average Bonchev–Trinajstić information content (AvgIpc) is 2.41. The monoisotopic (exact) mass is 286 g/mol. The molecule has 4 amide bonds. The highest BCUT2D eigenvalue weighted by Gasteiger charge is 2.23. The third-order valence-corrected chi connectivity index (χ3v) is 3.27. The lowest BCUT2D eigenvalue weighted by molar-refractivity contribution is -0.137. The van der Waals surface area contributed by atoms with E-state index in [1.165, 1.54) is 0 Å². The standard InChI is InChI=1S/C12H22N4O4/c13-11(19)14-5-6-15-12(20)16-7-1-2-9(8-16)3-4-10(17)18/h9H,1-8H2,(H,15,20)(H,17,18)(H3,13,14,19). The molecule has 1 aliphatic heterocycles. The fourth-order valence-electron chi connectivity index (χ4n) is 2.28. The van der Waals surface area contributed by atoms with Gasteiger partial charge < -0.3 is 26.4 Å². The molecule has 5 N–H and O–H groups in total. The molecule has 1 unspecified atom stereocenters. The van der Waals surface area contributed by atoms with Crippen LogP contribution in [0.3, 0.4) is 0 Å². The minimum Gasteiger partial charge on any atom is -0.481 e. The fourth-order valence-corrected chi connectivity index (χ4v) is 2.28. The maximum atomic E-state index is 11.9. The van der Waals surface area contributed by atoms with E-state index >= 15 is 0 Å². The Morgan fingerprint density at radius 2 is 1.95 bits per heavy atom. The molecule has 1 atom stereocenters. The van der Waals surface area contributed by atoms with Crippen LogP contribution in [0.2, 0.25) is 0 Å². The van der Waals surface area contributed by atoms with Crippen LogP contribution in [0.1, 0.15) is 25.7 Å². The minimum atomic E-state index is -0.802. The van der Waals surface area contributed by atoms with Crippen LogP contribution in [0.4, 0.5) is 9.59 Å². The summed E-state index contributed by atoms with van der Waals surface area (Å²) in [6.45, 7) is 1.87. The second kappa shape index (κ2) is 8.23. The first kappa shape index (κ1) is 16.1. The maximum absolute atomic E-state index is 11.9. The van der Waals surface area contributed by atoms with Crippen molar-refractivity contribution in [2.24, 2.45) is 11.7 Å². The number of nitrogens with two attached hydrogens (primary N) is 1. The van der Waals surface area contributed by atoms with Gasteiger partial charge in [0.1, 0.15) is 0 Å². The molecule has 8 heteroatoms. The van der Waals surface area contributed by atoms with E-state index in [9.17, 15) is 14.4 Å². The quantitative estimate of drug-likeness (QED) is 0.510. The lowest BCUT2D eigenvalue weighted by Gasteiger charge is -2.32. The van der Waals surface area contributed by atoms with Crippen LogP contribution in [0.15, 0.2) is 0 Å². The number of primary amides is 1. The molecule has 1 rings (SSSR count). The number of hydrogen-bond acceptors (Lipinski definition) is 3. The number of nitrogens with zero attached hydrogens (tertiary/aromatic N) is 1. The number of carbonyl (C=O) groups is 3. The van der Waals surface area contributed by atoms with E-state index in [1.54, 1.807) is 4.90 Å². The van der Waals surface area contributed by atoms with E-state index in [0.29, 0.717) is 26.1 Å². The largest absolute Gasteiger partial charge is 0.481 e. The summed E-state index contributed by atoms with van der Waals surface area (Å²) >= 11 is 0. The molecule has 1 fully saturated rings. The van der Waals surface area contributed by atoms with Gasteiger partial charge in [0.15, 0.2) is 0 Å². The number of aliphatic carboxylic acids is 1. The summed E-state index contributed by atoms with van der Waals surface area (Å²) in [6, 6.07) is -0.803. The number of likely N-dealkylation sites (tertiary alicyclic amines) is 1. The molecule has 0 bridgehead atoms. The van der Waals surface area contributed by atoms with E-state index in [0.717, 1.165) is 12.8 Å².